The second-order valence-electron chi connectivity index (χ2n) is 5.38. The lowest BCUT2D eigenvalue weighted by Crippen LogP contribution is -2.37. The van der Waals surface area contributed by atoms with E-state index >= 15 is 0 Å². The first-order valence-electron chi connectivity index (χ1n) is 6.53. The second kappa shape index (κ2) is 4.46. The molecule has 2 saturated heterocycles. The number of sulfonamides is 1. The predicted octanol–water partition coefficient (Wildman–Crippen LogP) is 0.895. The number of hydrogen-bond donors (Lipinski definition) is 2. The van der Waals surface area contributed by atoms with Crippen molar-refractivity contribution in [3.8, 4) is 0 Å². The van der Waals surface area contributed by atoms with Crippen LogP contribution < -0.4 is 5.73 Å². The molecule has 0 spiro atoms. The Balaban J connectivity index is 1.97. The molecule has 2 bridgehead atoms. The molecule has 6 nitrogen and oxygen atoms in total. The number of carboxylic acids is 1. The topological polar surface area (TPSA) is 101 Å². The molecule has 1 aromatic rings. The van der Waals surface area contributed by atoms with Crippen LogP contribution in [-0.2, 0) is 14.8 Å². The van der Waals surface area contributed by atoms with Crippen molar-refractivity contribution in [3.05, 3.63) is 24.3 Å². The highest BCUT2D eigenvalue weighted by atomic mass is 32.2. The van der Waals surface area contributed by atoms with Gasteiger partial charge in [-0.25, -0.2) is 8.42 Å². The van der Waals surface area contributed by atoms with Gasteiger partial charge in [0.2, 0.25) is 10.0 Å². The second-order valence-corrected chi connectivity index (χ2v) is 7.23. The largest absolute Gasteiger partial charge is 0.481 e. The van der Waals surface area contributed by atoms with Gasteiger partial charge in [-0.2, -0.15) is 4.31 Å². The van der Waals surface area contributed by atoms with Gasteiger partial charge >= 0.3 is 5.97 Å². The maximum Gasteiger partial charge on any atom is 0.308 e. The van der Waals surface area contributed by atoms with Gasteiger partial charge in [0.25, 0.3) is 0 Å². The Bertz CT molecular complexity index is 641. The van der Waals surface area contributed by atoms with Gasteiger partial charge in [-0.3, -0.25) is 4.79 Å². The quantitative estimate of drug-likeness (QED) is 0.807. The average molecular weight is 296 g/mol. The zero-order valence-corrected chi connectivity index (χ0v) is 11.6. The Morgan fingerprint density at radius 2 is 1.90 bits per heavy atom. The summed E-state index contributed by atoms with van der Waals surface area (Å²) in [5.74, 6) is -1.49. The van der Waals surface area contributed by atoms with E-state index in [2.05, 4.69) is 0 Å². The average Bonchev–Trinajstić information content (AvgIpc) is 2.97. The van der Waals surface area contributed by atoms with Gasteiger partial charge < -0.3 is 10.8 Å². The minimum atomic E-state index is -3.64. The first kappa shape index (κ1) is 13.4. The Morgan fingerprint density at radius 3 is 2.45 bits per heavy atom. The first-order valence-corrected chi connectivity index (χ1v) is 7.97. The number of carbonyl (C=O) groups is 1. The van der Waals surface area contributed by atoms with E-state index in [0.29, 0.717) is 18.5 Å². The van der Waals surface area contributed by atoms with Crippen LogP contribution in [0.4, 0.5) is 5.69 Å². The molecule has 20 heavy (non-hydrogen) atoms. The third kappa shape index (κ3) is 1.89. The summed E-state index contributed by atoms with van der Waals surface area (Å²) in [4.78, 5) is 11.4. The predicted molar refractivity (Wildman–Crippen MR) is 72.4 cm³/mol. The molecule has 0 radical (unpaired) electrons. The summed E-state index contributed by atoms with van der Waals surface area (Å²) in [6.45, 7) is 0. The molecule has 3 N–H and O–H groups in total. The van der Waals surface area contributed by atoms with Crippen molar-refractivity contribution in [1.82, 2.24) is 4.31 Å². The summed E-state index contributed by atoms with van der Waals surface area (Å²) >= 11 is 0. The van der Waals surface area contributed by atoms with E-state index in [9.17, 15) is 18.3 Å². The van der Waals surface area contributed by atoms with E-state index in [1.54, 1.807) is 12.1 Å². The van der Waals surface area contributed by atoms with Crippen LogP contribution in [0.3, 0.4) is 0 Å². The zero-order valence-electron chi connectivity index (χ0n) is 10.8. The lowest BCUT2D eigenvalue weighted by molar-refractivity contribution is -0.142. The maximum atomic E-state index is 12.7. The van der Waals surface area contributed by atoms with E-state index in [1.807, 2.05) is 0 Å². The van der Waals surface area contributed by atoms with Gasteiger partial charge in [0.1, 0.15) is 0 Å². The number of aliphatic carboxylic acids is 1. The lowest BCUT2D eigenvalue weighted by Gasteiger charge is -2.22. The highest BCUT2D eigenvalue weighted by Gasteiger charge is 2.54. The molecule has 108 valence electrons. The third-order valence-corrected chi connectivity index (χ3v) is 6.24. The number of carboxylic acid groups (broad SMARTS) is 1. The molecule has 3 atom stereocenters. The van der Waals surface area contributed by atoms with Gasteiger partial charge in [-0.05, 0) is 43.5 Å². The fourth-order valence-electron chi connectivity index (χ4n) is 3.34. The SMILES string of the molecule is Nc1ccc(S(=O)(=O)N2C3CCC2C(C(=O)O)C3)cc1. The van der Waals surface area contributed by atoms with Gasteiger partial charge in [0.15, 0.2) is 0 Å². The molecule has 0 aliphatic carbocycles. The molecule has 3 unspecified atom stereocenters. The van der Waals surface area contributed by atoms with Gasteiger partial charge in [-0.15, -0.1) is 0 Å². The normalized spacial score (nSPS) is 29.7. The van der Waals surface area contributed by atoms with Crippen LogP contribution in [0.1, 0.15) is 19.3 Å². The molecule has 3 rings (SSSR count). The number of hydrogen-bond acceptors (Lipinski definition) is 4. The molecule has 2 aliphatic heterocycles. The molecule has 0 saturated carbocycles. The van der Waals surface area contributed by atoms with E-state index in [1.165, 1.54) is 16.4 Å². The van der Waals surface area contributed by atoms with E-state index in [0.717, 1.165) is 6.42 Å². The molecule has 0 aromatic heterocycles. The summed E-state index contributed by atoms with van der Waals surface area (Å²) < 4.78 is 26.7. The van der Waals surface area contributed by atoms with Crippen molar-refractivity contribution in [2.24, 2.45) is 5.92 Å². The number of rotatable bonds is 3. The third-order valence-electron chi connectivity index (χ3n) is 4.25. The Morgan fingerprint density at radius 1 is 1.25 bits per heavy atom. The van der Waals surface area contributed by atoms with Crippen molar-refractivity contribution in [3.63, 3.8) is 0 Å². The van der Waals surface area contributed by atoms with Crippen LogP contribution in [0.5, 0.6) is 0 Å². The van der Waals surface area contributed by atoms with Gasteiger partial charge in [0, 0.05) is 17.8 Å². The zero-order chi connectivity index (χ0) is 14.5. The molecule has 2 aliphatic rings. The highest BCUT2D eigenvalue weighted by Crippen LogP contribution is 2.45. The van der Waals surface area contributed by atoms with Crippen molar-refractivity contribution >= 4 is 21.7 Å². The molecule has 2 fully saturated rings. The van der Waals surface area contributed by atoms with Crippen LogP contribution >= 0.6 is 0 Å². The number of anilines is 1. The summed E-state index contributed by atoms with van der Waals surface area (Å²) in [5, 5.41) is 9.19. The number of benzene rings is 1. The number of nitrogen functional groups attached to an aromatic ring is 1. The van der Waals surface area contributed by atoms with Crippen molar-refractivity contribution < 1.29 is 18.3 Å². The Kier molecular flexibility index (Phi) is 2.98. The maximum absolute atomic E-state index is 12.7. The van der Waals surface area contributed by atoms with E-state index < -0.39 is 28.0 Å². The lowest BCUT2D eigenvalue weighted by atomic mass is 9.89. The van der Waals surface area contributed by atoms with Gasteiger partial charge in [-0.1, -0.05) is 0 Å². The summed E-state index contributed by atoms with van der Waals surface area (Å²) in [6.07, 6.45) is 1.77. The fraction of sp³-hybridized carbons (Fsp3) is 0.462. The first-order chi connectivity index (χ1) is 9.41. The van der Waals surface area contributed by atoms with E-state index in [-0.39, 0.29) is 10.9 Å². The van der Waals surface area contributed by atoms with Crippen LogP contribution in [0.25, 0.3) is 0 Å². The Labute approximate surface area is 117 Å². The number of nitrogens with two attached hydrogens (primary N) is 1. The Hall–Kier alpha value is -1.60. The summed E-state index contributed by atoms with van der Waals surface area (Å²) in [7, 11) is -3.64. The number of nitrogens with zero attached hydrogens (tertiary/aromatic N) is 1. The van der Waals surface area contributed by atoms with E-state index in [4.69, 9.17) is 5.73 Å². The number of fused-ring (bicyclic) bond motifs is 2. The minimum absolute atomic E-state index is 0.176. The fourth-order valence-corrected chi connectivity index (χ4v) is 5.26. The van der Waals surface area contributed by atoms with Gasteiger partial charge in [0.05, 0.1) is 10.8 Å². The van der Waals surface area contributed by atoms with Crippen LogP contribution in [0.15, 0.2) is 29.2 Å². The molecular formula is C13H16N2O4S. The highest BCUT2D eigenvalue weighted by molar-refractivity contribution is 7.89. The summed E-state index contributed by atoms with van der Waals surface area (Å²) in [5.41, 5.74) is 6.06. The smallest absolute Gasteiger partial charge is 0.308 e. The minimum Gasteiger partial charge on any atom is -0.481 e. The van der Waals surface area contributed by atoms with Crippen LogP contribution in [0.2, 0.25) is 0 Å². The molecular weight excluding hydrogens is 280 g/mol. The monoisotopic (exact) mass is 296 g/mol. The molecule has 2 heterocycles. The molecule has 1 aromatic carbocycles. The molecule has 7 heteroatoms. The summed E-state index contributed by atoms with van der Waals surface area (Å²) in [6, 6.07) is 5.42. The molecule has 0 amide bonds. The van der Waals surface area contributed by atoms with Crippen molar-refractivity contribution in [1.29, 1.82) is 0 Å². The van der Waals surface area contributed by atoms with Crippen LogP contribution in [0, 0.1) is 5.92 Å². The van der Waals surface area contributed by atoms with Crippen molar-refractivity contribution in [2.75, 3.05) is 5.73 Å². The van der Waals surface area contributed by atoms with Crippen LogP contribution in [-0.4, -0.2) is 35.9 Å². The standard InChI is InChI=1S/C13H16N2O4S/c14-8-1-4-10(5-2-8)20(18,19)15-9-3-6-12(15)11(7-9)13(16)17/h1-2,4-5,9,11-12H,3,6-7,14H2,(H,16,17). The van der Waals surface area contributed by atoms with Crippen molar-refractivity contribution in [2.45, 2.75) is 36.2 Å².